The molecule has 0 N–H and O–H groups in total. The van der Waals surface area contributed by atoms with E-state index in [9.17, 15) is 47.9 Å². The number of esters is 10. The number of carbonyl (C=O) groups excluding carboxylic acids is 10. The number of hydrogen-bond acceptors (Lipinski definition) is 21. The third-order valence-corrected chi connectivity index (χ3v) is 42.3. The molecule has 21 heteroatoms. The van der Waals surface area contributed by atoms with Gasteiger partial charge in [-0.15, -0.1) is 0 Å². The molecule has 121 heavy (non-hydrogen) atoms. The van der Waals surface area contributed by atoms with Crippen molar-refractivity contribution in [3.8, 4) is 0 Å². The molecule has 0 amide bonds. The first-order valence-electron chi connectivity index (χ1n) is 49.3. The first-order chi connectivity index (χ1) is 57.8. The number of fused-ring (bicyclic) bond motifs is 60. The Hall–Kier alpha value is -5.34. The van der Waals surface area contributed by atoms with E-state index in [0.717, 1.165) is 76.0 Å². The number of rotatable bonds is 16. The molecule has 5 aliphatic heterocycles. The van der Waals surface area contributed by atoms with Gasteiger partial charge in [0.2, 0.25) is 0 Å². The predicted octanol–water partition coefficient (Wildman–Crippen LogP) is 14.3. The standard InChI is InChI=1S/C21H30O5.C21H30O4.C20H28O4.2C19H26O4/c1-5-21(2,3)20(23)26-18-12-7-11(17(18)24-4)14-9-6-10(15(12)14)16-13(9)8-25-19(16)22;1-5-21(3,4)20(23)25-18-9(2)10-6-13(18)16-12-7-11(15(10)16)14-8-24-19(22)17(12)14;1-4-20(2,3)19(22)24-14-6-9-5-11(14)16-10-7-12(15(9)16)17-13(10)8-23-18(17)21;1-3-8(2)18(20)23-14-5-9-4-11(14)16-10-6-12(15(9)16)17-13(10)7-22-19(17)21;1-3-8(2)18(20)23-14-5-9-4-11(14)16-12-6-10(15(9)16)13-7-22-19(21)17(12)13/h9-18H,5-8H2,1-4H3;9-18H,5-8H2,1-4H3;9-17H,4-8H2,1-3H3;2*8-17H,3-7H2,1-2H3. The van der Waals surface area contributed by atoms with E-state index in [-0.39, 0.29) is 143 Å². The van der Waals surface area contributed by atoms with Crippen LogP contribution in [0, 0.1) is 271 Å². The van der Waals surface area contributed by atoms with Gasteiger partial charge in [-0.25, -0.2) is 0 Å². The Morgan fingerprint density at radius 1 is 0.306 bits per heavy atom. The fourth-order valence-corrected chi connectivity index (χ4v) is 36.2. The second kappa shape index (κ2) is 29.6. The first-order valence-corrected chi connectivity index (χ1v) is 49.3. The molecule has 0 radical (unpaired) electrons. The molecule has 25 fully saturated rings. The quantitative estimate of drug-likeness (QED) is 0.0789. The van der Waals surface area contributed by atoms with Gasteiger partial charge in [0, 0.05) is 42.6 Å². The van der Waals surface area contributed by atoms with Gasteiger partial charge in [0.05, 0.1) is 96.8 Å². The summed E-state index contributed by atoms with van der Waals surface area (Å²) < 4.78 is 62.8. The maximum Gasteiger partial charge on any atom is 0.311 e. The van der Waals surface area contributed by atoms with Crippen molar-refractivity contribution in [1.82, 2.24) is 0 Å². The molecular weight excluding hydrogens is 1540 g/mol. The van der Waals surface area contributed by atoms with Gasteiger partial charge in [0.25, 0.3) is 0 Å². The van der Waals surface area contributed by atoms with Crippen molar-refractivity contribution >= 4 is 59.7 Å². The fourth-order valence-electron chi connectivity index (χ4n) is 36.2. The summed E-state index contributed by atoms with van der Waals surface area (Å²) in [5.74, 6) is 21.5. The Kier molecular flexibility index (Phi) is 20.2. The van der Waals surface area contributed by atoms with Crippen LogP contribution in [0.3, 0.4) is 0 Å². The zero-order chi connectivity index (χ0) is 84.6. The lowest BCUT2D eigenvalue weighted by atomic mass is 9.61. The zero-order valence-electron chi connectivity index (χ0n) is 74.6. The highest BCUT2D eigenvalue weighted by Crippen LogP contribution is 2.78. The summed E-state index contributed by atoms with van der Waals surface area (Å²) in [6.07, 6.45) is 19.4. The van der Waals surface area contributed by atoms with Gasteiger partial charge in [-0.05, 0) is 335 Å². The lowest BCUT2D eigenvalue weighted by molar-refractivity contribution is -0.178. The number of cyclic esters (lactones) is 5. The van der Waals surface area contributed by atoms with Crippen molar-refractivity contribution < 1.29 is 100 Å². The molecule has 20 aliphatic carbocycles. The van der Waals surface area contributed by atoms with Crippen LogP contribution in [0.2, 0.25) is 0 Å². The van der Waals surface area contributed by atoms with Crippen molar-refractivity contribution in [2.24, 2.45) is 271 Å². The molecule has 5 saturated heterocycles. The maximum atomic E-state index is 12.7. The predicted molar refractivity (Wildman–Crippen MR) is 435 cm³/mol. The summed E-state index contributed by atoms with van der Waals surface area (Å²) in [5.41, 5.74) is -1.25. The van der Waals surface area contributed by atoms with Gasteiger partial charge >= 0.3 is 59.7 Å². The molecule has 0 aromatic carbocycles. The molecule has 0 aromatic heterocycles. The van der Waals surface area contributed by atoms with E-state index in [0.29, 0.717) is 234 Å². The van der Waals surface area contributed by atoms with Crippen LogP contribution in [0.1, 0.15) is 213 Å². The van der Waals surface area contributed by atoms with Crippen LogP contribution in [0.15, 0.2) is 0 Å². The monoisotopic (exact) mass is 1680 g/mol. The molecule has 25 rings (SSSR count). The normalized spacial score (nSPS) is 52.0. The van der Waals surface area contributed by atoms with E-state index in [1.54, 1.807) is 7.11 Å². The largest absolute Gasteiger partial charge is 0.465 e. The molecule has 25 aliphatic rings. The Bertz CT molecular complexity index is 4180. The molecule has 49 unspecified atom stereocenters. The third-order valence-electron chi connectivity index (χ3n) is 42.3. The van der Waals surface area contributed by atoms with Crippen molar-refractivity contribution in [3.63, 3.8) is 0 Å². The zero-order valence-corrected chi connectivity index (χ0v) is 74.6. The van der Waals surface area contributed by atoms with Crippen LogP contribution in [0.4, 0.5) is 0 Å². The molecule has 0 spiro atoms. The second-order valence-electron chi connectivity index (χ2n) is 47.0. The van der Waals surface area contributed by atoms with Gasteiger partial charge < -0.3 is 52.1 Å². The van der Waals surface area contributed by atoms with Crippen LogP contribution in [-0.2, 0) is 100 Å². The maximum absolute atomic E-state index is 12.7. The highest BCUT2D eigenvalue weighted by Gasteiger charge is 2.78. The molecule has 20 saturated carbocycles. The molecule has 0 aromatic rings. The minimum atomic E-state index is -0.464. The number of methoxy groups -OCH3 is 1. The Balaban J connectivity index is 0.0000000934. The van der Waals surface area contributed by atoms with Crippen LogP contribution in [0.25, 0.3) is 0 Å². The fraction of sp³-hybridized carbons (Fsp3) is 0.900. The summed E-state index contributed by atoms with van der Waals surface area (Å²) in [5, 5.41) is 0. The van der Waals surface area contributed by atoms with E-state index in [2.05, 4.69) is 6.92 Å². The van der Waals surface area contributed by atoms with Crippen LogP contribution >= 0.6 is 0 Å². The number of ether oxygens (including phenoxy) is 11. The van der Waals surface area contributed by atoms with Gasteiger partial charge in [-0.2, -0.15) is 0 Å². The average molecular weight is 1680 g/mol. The third kappa shape index (κ3) is 12.0. The highest BCUT2D eigenvalue weighted by atomic mass is 16.6. The van der Waals surface area contributed by atoms with E-state index < -0.39 is 10.8 Å². The van der Waals surface area contributed by atoms with E-state index in [4.69, 9.17) is 52.1 Å². The topological polar surface area (TPSA) is 272 Å². The summed E-state index contributed by atoms with van der Waals surface area (Å²) in [6, 6.07) is 0. The van der Waals surface area contributed by atoms with Crippen LogP contribution < -0.4 is 0 Å². The minimum Gasteiger partial charge on any atom is -0.465 e. The number of carbonyl (C=O) groups is 10. The van der Waals surface area contributed by atoms with Crippen molar-refractivity contribution in [2.75, 3.05) is 40.1 Å². The van der Waals surface area contributed by atoms with Gasteiger partial charge in [0.15, 0.2) is 0 Å². The van der Waals surface area contributed by atoms with E-state index in [1.807, 2.05) is 90.0 Å². The summed E-state index contributed by atoms with van der Waals surface area (Å²) >= 11 is 0. The summed E-state index contributed by atoms with van der Waals surface area (Å²) in [7, 11) is 1.75. The lowest BCUT2D eigenvalue weighted by Crippen LogP contribution is -2.50. The molecule has 5 heterocycles. The average Bonchev–Trinajstić information content (AvgIpc) is 1.53. The molecule has 666 valence electrons. The number of hydrogen-bond donors (Lipinski definition) is 0. The van der Waals surface area contributed by atoms with Crippen molar-refractivity contribution in [3.05, 3.63) is 0 Å². The Labute approximate surface area is 716 Å². The Morgan fingerprint density at radius 3 is 0.909 bits per heavy atom. The summed E-state index contributed by atoms with van der Waals surface area (Å²) in [6.45, 7) is 31.4. The summed E-state index contributed by atoms with van der Waals surface area (Å²) in [4.78, 5) is 123. The van der Waals surface area contributed by atoms with Crippen LogP contribution in [0.5, 0.6) is 0 Å². The SMILES string of the molecule is CCC(C)(C)C(=O)OC1C(C)C2CC1C1C3CC(C4COC(=O)C43)C21.CCC(C)(C)C(=O)OC1C2CC(C1OC)C1C3CC(C4C(=O)OCC34)C21.CCC(C)(C)C(=O)OC1CC2CC1C1C3CC(C4C(=O)OCC34)C21.CCC(C)C(=O)OC1CC2CC1C1C3CC(C4C(=O)OCC34)C21.CCC(C)C(=O)OC1CC2CC1C1C3CC(C4COC(=O)C43)C21. The minimum absolute atomic E-state index is 0.000793. The van der Waals surface area contributed by atoms with Crippen LogP contribution in [-0.4, -0.2) is 136 Å². The lowest BCUT2D eigenvalue weighted by Gasteiger charge is -2.44. The van der Waals surface area contributed by atoms with Gasteiger partial charge in [-0.3, -0.25) is 47.9 Å². The smallest absolute Gasteiger partial charge is 0.311 e. The second-order valence-corrected chi connectivity index (χ2v) is 47.0. The highest BCUT2D eigenvalue weighted by molar-refractivity contribution is 5.81. The van der Waals surface area contributed by atoms with Crippen molar-refractivity contribution in [1.29, 1.82) is 0 Å². The molecular formula is C100H140O21. The van der Waals surface area contributed by atoms with Crippen molar-refractivity contribution in [2.45, 2.75) is 249 Å². The van der Waals surface area contributed by atoms with Gasteiger partial charge in [-0.1, -0.05) is 55.4 Å². The molecule has 20 bridgehead atoms. The van der Waals surface area contributed by atoms with Gasteiger partial charge in [0.1, 0.15) is 30.5 Å². The first kappa shape index (κ1) is 82.6. The van der Waals surface area contributed by atoms with E-state index in [1.165, 1.54) is 51.4 Å². The molecule has 21 nitrogen and oxygen atoms in total. The Morgan fingerprint density at radius 2 is 0.562 bits per heavy atom. The van der Waals surface area contributed by atoms with E-state index >= 15 is 0 Å². The molecule has 49 atom stereocenters.